The van der Waals surface area contributed by atoms with Gasteiger partial charge < -0.3 is 5.32 Å². The SMILES string of the molecule is CC.CC.Cn1c(=O)n(C2CCC(=O)NC2=O)c2ccc(C3=CCNC3)cc21. The van der Waals surface area contributed by atoms with Crippen LogP contribution >= 0.6 is 0 Å². The van der Waals surface area contributed by atoms with E-state index in [0.29, 0.717) is 11.9 Å². The number of nitrogens with zero attached hydrogens (tertiary/aromatic N) is 2. The van der Waals surface area contributed by atoms with Crippen LogP contribution in [-0.4, -0.2) is 34.0 Å². The number of aromatic nitrogens is 2. The Balaban J connectivity index is 0.000000660. The van der Waals surface area contributed by atoms with Crippen molar-refractivity contribution in [1.29, 1.82) is 0 Å². The van der Waals surface area contributed by atoms with Gasteiger partial charge in [-0.1, -0.05) is 39.8 Å². The average molecular weight is 386 g/mol. The van der Waals surface area contributed by atoms with E-state index < -0.39 is 11.9 Å². The quantitative estimate of drug-likeness (QED) is 0.776. The third-order valence-electron chi connectivity index (χ3n) is 4.79. The Morgan fingerprint density at radius 3 is 2.36 bits per heavy atom. The molecule has 3 heterocycles. The summed E-state index contributed by atoms with van der Waals surface area (Å²) in [7, 11) is 1.71. The largest absolute Gasteiger partial charge is 0.329 e. The van der Waals surface area contributed by atoms with E-state index in [0.717, 1.165) is 24.2 Å². The zero-order valence-corrected chi connectivity index (χ0v) is 17.3. The standard InChI is InChI=1S/C17H18N4O3.2C2H6/c1-20-14-8-10(11-6-7-18-9-11)2-3-12(14)21(17(20)24)13-4-5-15(22)19-16(13)23;2*1-2/h2-3,6,8,13,18H,4-5,7,9H2,1H3,(H,19,22,23);2*1-2H3. The van der Waals surface area contributed by atoms with Crippen LogP contribution in [0.2, 0.25) is 0 Å². The molecule has 1 aromatic carbocycles. The topological polar surface area (TPSA) is 85.1 Å². The van der Waals surface area contributed by atoms with Crippen LogP contribution in [0.15, 0.2) is 29.1 Å². The van der Waals surface area contributed by atoms with Gasteiger partial charge in [0.1, 0.15) is 6.04 Å². The van der Waals surface area contributed by atoms with Crippen LogP contribution in [0.4, 0.5) is 0 Å². The molecule has 0 spiro atoms. The summed E-state index contributed by atoms with van der Waals surface area (Å²) in [5.41, 5.74) is 3.54. The van der Waals surface area contributed by atoms with Crippen LogP contribution in [0, 0.1) is 0 Å². The molecule has 1 atom stereocenters. The van der Waals surface area contributed by atoms with Crippen molar-refractivity contribution in [3.8, 4) is 0 Å². The molecule has 152 valence electrons. The first-order valence-electron chi connectivity index (χ1n) is 10.0. The molecule has 0 radical (unpaired) electrons. The van der Waals surface area contributed by atoms with Crippen molar-refractivity contribution >= 4 is 28.4 Å². The van der Waals surface area contributed by atoms with Gasteiger partial charge in [0.25, 0.3) is 0 Å². The van der Waals surface area contributed by atoms with Crippen molar-refractivity contribution in [1.82, 2.24) is 19.8 Å². The summed E-state index contributed by atoms with van der Waals surface area (Å²) in [6.45, 7) is 9.66. The van der Waals surface area contributed by atoms with Crippen molar-refractivity contribution in [3.05, 3.63) is 40.3 Å². The number of carbonyl (C=O) groups excluding carboxylic acids is 2. The maximum Gasteiger partial charge on any atom is 0.329 e. The number of amides is 2. The molecule has 0 saturated carbocycles. The van der Waals surface area contributed by atoms with E-state index in [1.54, 1.807) is 11.6 Å². The minimum Gasteiger partial charge on any atom is -0.309 e. The zero-order valence-electron chi connectivity index (χ0n) is 17.3. The first-order chi connectivity index (χ1) is 13.6. The predicted octanol–water partition coefficient (Wildman–Crippen LogP) is 2.36. The van der Waals surface area contributed by atoms with E-state index in [2.05, 4.69) is 16.7 Å². The highest BCUT2D eigenvalue weighted by Crippen LogP contribution is 2.26. The van der Waals surface area contributed by atoms with Gasteiger partial charge in [0.15, 0.2) is 0 Å². The molecule has 1 aromatic heterocycles. The van der Waals surface area contributed by atoms with Gasteiger partial charge in [-0.3, -0.25) is 24.0 Å². The van der Waals surface area contributed by atoms with Crippen LogP contribution in [-0.2, 0) is 16.6 Å². The van der Waals surface area contributed by atoms with Gasteiger partial charge in [0.05, 0.1) is 11.0 Å². The van der Waals surface area contributed by atoms with E-state index in [4.69, 9.17) is 0 Å². The lowest BCUT2D eigenvalue weighted by Crippen LogP contribution is -2.44. The molecule has 2 N–H and O–H groups in total. The van der Waals surface area contributed by atoms with Gasteiger partial charge in [-0.05, 0) is 29.7 Å². The molecule has 28 heavy (non-hydrogen) atoms. The second kappa shape index (κ2) is 9.50. The number of benzene rings is 1. The van der Waals surface area contributed by atoms with Crippen molar-refractivity contribution in [3.63, 3.8) is 0 Å². The van der Waals surface area contributed by atoms with Crippen LogP contribution < -0.4 is 16.3 Å². The van der Waals surface area contributed by atoms with Gasteiger partial charge in [-0.2, -0.15) is 0 Å². The number of piperidine rings is 1. The molecule has 1 unspecified atom stereocenters. The van der Waals surface area contributed by atoms with E-state index >= 15 is 0 Å². The fraction of sp³-hybridized carbons (Fsp3) is 0.476. The molecule has 2 amide bonds. The Morgan fingerprint density at radius 2 is 1.75 bits per heavy atom. The van der Waals surface area contributed by atoms with Gasteiger partial charge in [-0.25, -0.2) is 4.79 Å². The summed E-state index contributed by atoms with van der Waals surface area (Å²) in [6.07, 6.45) is 2.73. The maximum atomic E-state index is 12.7. The molecule has 4 rings (SSSR count). The van der Waals surface area contributed by atoms with Crippen LogP contribution in [0.3, 0.4) is 0 Å². The first kappa shape index (κ1) is 21.6. The van der Waals surface area contributed by atoms with Crippen molar-refractivity contribution in [2.45, 2.75) is 46.6 Å². The molecular weight excluding hydrogens is 356 g/mol. The van der Waals surface area contributed by atoms with E-state index in [1.807, 2.05) is 45.9 Å². The molecule has 7 heteroatoms. The van der Waals surface area contributed by atoms with Crippen LogP contribution in [0.1, 0.15) is 52.1 Å². The minimum atomic E-state index is -0.642. The Morgan fingerprint density at radius 1 is 1.04 bits per heavy atom. The molecule has 1 fully saturated rings. The number of fused-ring (bicyclic) bond motifs is 1. The Kier molecular flexibility index (Phi) is 7.34. The number of carbonyl (C=O) groups is 2. The molecule has 0 bridgehead atoms. The second-order valence-corrected chi connectivity index (χ2v) is 6.24. The smallest absolute Gasteiger partial charge is 0.309 e. The van der Waals surface area contributed by atoms with E-state index in [-0.39, 0.29) is 18.0 Å². The monoisotopic (exact) mass is 386 g/mol. The summed E-state index contributed by atoms with van der Waals surface area (Å²) in [5.74, 6) is -0.694. The number of hydrogen-bond donors (Lipinski definition) is 2. The van der Waals surface area contributed by atoms with Crippen molar-refractivity contribution in [2.24, 2.45) is 7.05 Å². The molecule has 0 aliphatic carbocycles. The summed E-state index contributed by atoms with van der Waals surface area (Å²) in [6, 6.07) is 5.20. The van der Waals surface area contributed by atoms with Crippen molar-refractivity contribution < 1.29 is 9.59 Å². The number of hydrogen-bond acceptors (Lipinski definition) is 4. The number of rotatable bonds is 2. The number of aryl methyl sites for hydroxylation is 1. The number of nitrogens with one attached hydrogen (secondary N) is 2. The fourth-order valence-corrected chi connectivity index (χ4v) is 3.49. The number of imide groups is 1. The Labute approximate surface area is 165 Å². The third-order valence-corrected chi connectivity index (χ3v) is 4.79. The highest BCUT2D eigenvalue weighted by atomic mass is 16.2. The molecule has 2 aliphatic heterocycles. The molecule has 7 nitrogen and oxygen atoms in total. The second-order valence-electron chi connectivity index (χ2n) is 6.24. The lowest BCUT2D eigenvalue weighted by atomic mass is 10.0. The molecule has 1 saturated heterocycles. The molecular formula is C21H30N4O3. The summed E-state index contributed by atoms with van der Waals surface area (Å²) in [5, 5.41) is 5.58. The first-order valence-corrected chi connectivity index (χ1v) is 10.0. The number of imidazole rings is 1. The van der Waals surface area contributed by atoms with Crippen LogP contribution in [0.25, 0.3) is 16.6 Å². The minimum absolute atomic E-state index is 0.241. The maximum absolute atomic E-state index is 12.7. The summed E-state index contributed by atoms with van der Waals surface area (Å²) < 4.78 is 3.06. The summed E-state index contributed by atoms with van der Waals surface area (Å²) in [4.78, 5) is 36.2. The molecule has 2 aliphatic rings. The van der Waals surface area contributed by atoms with E-state index in [9.17, 15) is 14.4 Å². The summed E-state index contributed by atoms with van der Waals surface area (Å²) >= 11 is 0. The van der Waals surface area contributed by atoms with Crippen LogP contribution in [0.5, 0.6) is 0 Å². The van der Waals surface area contributed by atoms with Gasteiger partial charge in [0.2, 0.25) is 11.8 Å². The highest BCUT2D eigenvalue weighted by molar-refractivity contribution is 6.00. The fourth-order valence-electron chi connectivity index (χ4n) is 3.49. The van der Waals surface area contributed by atoms with Gasteiger partial charge in [0, 0.05) is 26.6 Å². The molecule has 2 aromatic rings. The normalized spacial score (nSPS) is 18.6. The van der Waals surface area contributed by atoms with Gasteiger partial charge >= 0.3 is 5.69 Å². The lowest BCUT2D eigenvalue weighted by molar-refractivity contribution is -0.135. The highest BCUT2D eigenvalue weighted by Gasteiger charge is 2.31. The van der Waals surface area contributed by atoms with Crippen molar-refractivity contribution in [2.75, 3.05) is 13.1 Å². The third kappa shape index (κ3) is 3.94. The van der Waals surface area contributed by atoms with E-state index in [1.165, 1.54) is 10.1 Å². The predicted molar refractivity (Wildman–Crippen MR) is 112 cm³/mol. The lowest BCUT2D eigenvalue weighted by Gasteiger charge is -2.21. The van der Waals surface area contributed by atoms with Gasteiger partial charge in [-0.15, -0.1) is 0 Å². The zero-order chi connectivity index (χ0) is 20.8. The Hall–Kier alpha value is -2.67. The Bertz CT molecular complexity index is 952. The average Bonchev–Trinajstić information content (AvgIpc) is 3.34.